The zero-order chi connectivity index (χ0) is 25.0. The number of piperazine rings is 1. The highest BCUT2D eigenvalue weighted by molar-refractivity contribution is 5.99. The summed E-state index contributed by atoms with van der Waals surface area (Å²) in [6.07, 6.45) is -4.74. The third kappa shape index (κ3) is 6.15. The lowest BCUT2D eigenvalue weighted by Gasteiger charge is -2.34. The average molecular weight is 485 g/mol. The maximum Gasteiger partial charge on any atom is 0.573 e. The first kappa shape index (κ1) is 24.2. The van der Waals surface area contributed by atoms with Crippen LogP contribution in [0, 0.1) is 10.1 Å². The third-order valence-corrected chi connectivity index (χ3v) is 5.75. The molecule has 0 atom stereocenters. The molecule has 1 fully saturated rings. The molecule has 1 heterocycles. The zero-order valence-electron chi connectivity index (χ0n) is 18.6. The van der Waals surface area contributed by atoms with Gasteiger partial charge in [-0.2, -0.15) is 0 Å². The van der Waals surface area contributed by atoms with Gasteiger partial charge in [0.2, 0.25) is 0 Å². The van der Waals surface area contributed by atoms with E-state index < -0.39 is 17.2 Å². The summed E-state index contributed by atoms with van der Waals surface area (Å²) in [5.74, 6) is -0.682. The van der Waals surface area contributed by atoms with E-state index in [0.717, 1.165) is 16.7 Å². The molecule has 0 aromatic heterocycles. The number of halogens is 3. The van der Waals surface area contributed by atoms with Crippen molar-refractivity contribution in [2.45, 2.75) is 12.9 Å². The fraction of sp³-hybridized carbons (Fsp3) is 0.240. The Morgan fingerprint density at radius 3 is 2.17 bits per heavy atom. The van der Waals surface area contributed by atoms with Gasteiger partial charge >= 0.3 is 6.36 Å². The van der Waals surface area contributed by atoms with Gasteiger partial charge in [-0.1, -0.05) is 42.5 Å². The fourth-order valence-corrected chi connectivity index (χ4v) is 4.01. The standard InChI is InChI=1S/C25H22F3N3O4/c26-25(27,28)35-21-9-6-18(7-10-21)17-29-12-14-30(15-13-29)24(32)22-16-20(8-11-23(22)31(33)34)19-4-2-1-3-5-19/h1-11,16H,12-15,17H2. The van der Waals surface area contributed by atoms with Gasteiger partial charge in [-0.25, -0.2) is 0 Å². The highest BCUT2D eigenvalue weighted by Crippen LogP contribution is 2.28. The van der Waals surface area contributed by atoms with Crippen molar-refractivity contribution >= 4 is 11.6 Å². The molecular formula is C25H22F3N3O4. The number of ether oxygens (including phenoxy) is 1. The molecule has 0 N–H and O–H groups in total. The van der Waals surface area contributed by atoms with Crippen LogP contribution in [0.5, 0.6) is 5.75 Å². The van der Waals surface area contributed by atoms with Gasteiger partial charge in [0.15, 0.2) is 0 Å². The van der Waals surface area contributed by atoms with Crippen molar-refractivity contribution in [3.8, 4) is 16.9 Å². The number of nitro groups is 1. The maximum absolute atomic E-state index is 13.2. The van der Waals surface area contributed by atoms with Crippen LogP contribution in [0.2, 0.25) is 0 Å². The lowest BCUT2D eigenvalue weighted by atomic mass is 10.0. The number of carbonyl (C=O) groups is 1. The van der Waals surface area contributed by atoms with Crippen LogP contribution in [0.3, 0.4) is 0 Å². The summed E-state index contributed by atoms with van der Waals surface area (Å²) in [4.78, 5) is 27.9. The van der Waals surface area contributed by atoms with Gasteiger partial charge in [0.1, 0.15) is 11.3 Å². The first-order valence-electron chi connectivity index (χ1n) is 10.9. The van der Waals surface area contributed by atoms with E-state index in [9.17, 15) is 28.1 Å². The second-order valence-electron chi connectivity index (χ2n) is 8.12. The van der Waals surface area contributed by atoms with Crippen LogP contribution in [0.25, 0.3) is 11.1 Å². The van der Waals surface area contributed by atoms with E-state index in [-0.39, 0.29) is 17.0 Å². The van der Waals surface area contributed by atoms with E-state index >= 15 is 0 Å². The van der Waals surface area contributed by atoms with E-state index in [1.165, 1.54) is 18.2 Å². The molecule has 35 heavy (non-hydrogen) atoms. The summed E-state index contributed by atoms with van der Waals surface area (Å²) in [6, 6.07) is 19.5. The number of nitro benzene ring substituents is 1. The first-order valence-corrected chi connectivity index (χ1v) is 10.9. The molecule has 10 heteroatoms. The molecule has 1 amide bonds. The van der Waals surface area contributed by atoms with E-state index in [1.807, 2.05) is 30.3 Å². The van der Waals surface area contributed by atoms with Crippen molar-refractivity contribution in [2.24, 2.45) is 0 Å². The molecule has 0 spiro atoms. The van der Waals surface area contributed by atoms with Crippen molar-refractivity contribution in [3.05, 3.63) is 94.0 Å². The second kappa shape index (κ2) is 10.1. The molecule has 3 aromatic carbocycles. The highest BCUT2D eigenvalue weighted by atomic mass is 19.4. The lowest BCUT2D eigenvalue weighted by Crippen LogP contribution is -2.48. The lowest BCUT2D eigenvalue weighted by molar-refractivity contribution is -0.385. The largest absolute Gasteiger partial charge is 0.573 e. The predicted octanol–water partition coefficient (Wildman–Crippen LogP) is 5.12. The SMILES string of the molecule is O=C(c1cc(-c2ccccc2)ccc1[N+](=O)[O-])N1CCN(Cc2ccc(OC(F)(F)F)cc2)CC1. The topological polar surface area (TPSA) is 75.9 Å². The number of alkyl halides is 3. The quantitative estimate of drug-likeness (QED) is 0.358. The Balaban J connectivity index is 1.41. The minimum atomic E-state index is -4.74. The molecule has 3 aromatic rings. The average Bonchev–Trinajstić information content (AvgIpc) is 2.84. The monoisotopic (exact) mass is 485 g/mol. The summed E-state index contributed by atoms with van der Waals surface area (Å²) < 4.78 is 40.8. The van der Waals surface area contributed by atoms with Crippen molar-refractivity contribution in [1.82, 2.24) is 9.80 Å². The van der Waals surface area contributed by atoms with Gasteiger partial charge in [-0.05, 0) is 41.0 Å². The van der Waals surface area contributed by atoms with Crippen molar-refractivity contribution in [2.75, 3.05) is 26.2 Å². The summed E-state index contributed by atoms with van der Waals surface area (Å²) in [5.41, 5.74) is 2.19. The number of nitrogens with zero attached hydrogens (tertiary/aromatic N) is 3. The molecule has 182 valence electrons. The first-order chi connectivity index (χ1) is 16.7. The maximum atomic E-state index is 13.2. The van der Waals surface area contributed by atoms with Gasteiger partial charge in [0.05, 0.1) is 4.92 Å². The summed E-state index contributed by atoms with van der Waals surface area (Å²) in [7, 11) is 0. The predicted molar refractivity (Wildman–Crippen MR) is 123 cm³/mol. The molecular weight excluding hydrogens is 463 g/mol. The van der Waals surface area contributed by atoms with E-state index in [4.69, 9.17) is 0 Å². The molecule has 1 saturated heterocycles. The van der Waals surface area contributed by atoms with Crippen molar-refractivity contribution in [1.29, 1.82) is 0 Å². The summed E-state index contributed by atoms with van der Waals surface area (Å²) >= 11 is 0. The molecule has 0 aliphatic carbocycles. The molecule has 0 saturated carbocycles. The fourth-order valence-electron chi connectivity index (χ4n) is 4.01. The molecule has 1 aliphatic rings. The number of rotatable bonds is 6. The van der Waals surface area contributed by atoms with Gasteiger partial charge in [-0.3, -0.25) is 19.8 Å². The van der Waals surface area contributed by atoms with Crippen LogP contribution in [0.4, 0.5) is 18.9 Å². The minimum Gasteiger partial charge on any atom is -0.406 e. The Morgan fingerprint density at radius 2 is 1.57 bits per heavy atom. The smallest absolute Gasteiger partial charge is 0.406 e. The molecule has 1 aliphatic heterocycles. The zero-order valence-corrected chi connectivity index (χ0v) is 18.6. The van der Waals surface area contributed by atoms with E-state index in [2.05, 4.69) is 9.64 Å². The Labute approximate surface area is 199 Å². The molecule has 0 bridgehead atoms. The number of hydrogen-bond donors (Lipinski definition) is 0. The van der Waals surface area contributed by atoms with E-state index in [0.29, 0.717) is 32.7 Å². The summed E-state index contributed by atoms with van der Waals surface area (Å²) in [5, 5.41) is 11.6. The Hall–Kier alpha value is -3.92. The van der Waals surface area contributed by atoms with E-state index in [1.54, 1.807) is 29.2 Å². The molecule has 4 rings (SSSR count). The number of benzene rings is 3. The molecule has 7 nitrogen and oxygen atoms in total. The van der Waals surface area contributed by atoms with Crippen molar-refractivity contribution < 1.29 is 27.6 Å². The number of amides is 1. The van der Waals surface area contributed by atoms with Crippen LogP contribution >= 0.6 is 0 Å². The molecule has 0 unspecified atom stereocenters. The number of carbonyl (C=O) groups excluding carboxylic acids is 1. The van der Waals surface area contributed by atoms with Crippen LogP contribution < -0.4 is 4.74 Å². The second-order valence-corrected chi connectivity index (χ2v) is 8.12. The van der Waals surface area contributed by atoms with Crippen LogP contribution in [-0.2, 0) is 6.54 Å². The summed E-state index contributed by atoms with van der Waals surface area (Å²) in [6.45, 7) is 2.30. The van der Waals surface area contributed by atoms with Gasteiger partial charge < -0.3 is 9.64 Å². The van der Waals surface area contributed by atoms with Crippen LogP contribution in [0.1, 0.15) is 15.9 Å². The highest BCUT2D eigenvalue weighted by Gasteiger charge is 2.31. The minimum absolute atomic E-state index is 0.0463. The Kier molecular flexibility index (Phi) is 7.02. The third-order valence-electron chi connectivity index (χ3n) is 5.75. The molecule has 0 radical (unpaired) electrons. The Bertz CT molecular complexity index is 1190. The van der Waals surface area contributed by atoms with Crippen LogP contribution in [0.15, 0.2) is 72.8 Å². The van der Waals surface area contributed by atoms with Gasteiger partial charge in [0.25, 0.3) is 11.6 Å². The van der Waals surface area contributed by atoms with Gasteiger partial charge in [-0.15, -0.1) is 13.2 Å². The van der Waals surface area contributed by atoms with Crippen LogP contribution in [-0.4, -0.2) is 53.2 Å². The van der Waals surface area contributed by atoms with Gasteiger partial charge in [0, 0.05) is 38.8 Å². The van der Waals surface area contributed by atoms with Crippen molar-refractivity contribution in [3.63, 3.8) is 0 Å². The Morgan fingerprint density at radius 1 is 0.914 bits per heavy atom. The number of hydrogen-bond acceptors (Lipinski definition) is 5. The normalized spacial score (nSPS) is 14.5.